The molecule has 2 N–H and O–H groups in total. The first-order chi connectivity index (χ1) is 25.9. The van der Waals surface area contributed by atoms with Crippen LogP contribution >= 0.6 is 0 Å². The topological polar surface area (TPSA) is 122 Å². The normalized spacial score (nSPS) is 18.7. The fourth-order valence-electron chi connectivity index (χ4n) is 7.99. The number of aliphatic hydroxyl groups excluding tert-OH is 2. The zero-order valence-corrected chi connectivity index (χ0v) is 29.3. The maximum absolute atomic E-state index is 14.0. The highest BCUT2D eigenvalue weighted by molar-refractivity contribution is 6.01. The van der Waals surface area contributed by atoms with Gasteiger partial charge in [0.05, 0.1) is 7.11 Å². The van der Waals surface area contributed by atoms with E-state index in [-0.39, 0.29) is 48.7 Å². The van der Waals surface area contributed by atoms with E-state index in [1.807, 2.05) is 79.7 Å². The van der Waals surface area contributed by atoms with Crippen molar-refractivity contribution in [3.8, 4) is 51.4 Å². The fraction of sp³-hybridized carbons (Fsp3) is 0.279. The summed E-state index contributed by atoms with van der Waals surface area (Å²) in [6.45, 7) is 2.43. The third-order valence-electron chi connectivity index (χ3n) is 10.4. The highest BCUT2D eigenvalue weighted by atomic mass is 16.7. The van der Waals surface area contributed by atoms with Crippen molar-refractivity contribution in [2.45, 2.75) is 64.1 Å². The van der Waals surface area contributed by atoms with Crippen LogP contribution < -0.4 is 28.4 Å². The first-order valence-electron chi connectivity index (χ1n) is 17.9. The molecular formula is C43H38O10. The molecule has 0 radical (unpaired) electrons. The number of aliphatic hydroxyl groups is 2. The summed E-state index contributed by atoms with van der Waals surface area (Å²) < 4.78 is 43.8. The number of rotatable bonds is 9. The quantitative estimate of drug-likeness (QED) is 0.143. The van der Waals surface area contributed by atoms with Crippen molar-refractivity contribution in [3.63, 3.8) is 0 Å². The number of carbonyl (C=O) groups excluding carboxylic acids is 1. The van der Waals surface area contributed by atoms with E-state index in [1.54, 1.807) is 6.07 Å². The van der Waals surface area contributed by atoms with Crippen LogP contribution in [0.5, 0.6) is 40.2 Å². The van der Waals surface area contributed by atoms with Gasteiger partial charge >= 0.3 is 5.97 Å². The Bertz CT molecular complexity index is 2230. The van der Waals surface area contributed by atoms with E-state index in [1.165, 1.54) is 7.11 Å². The third kappa shape index (κ3) is 5.52. The lowest BCUT2D eigenvalue weighted by molar-refractivity contribution is 0.0129. The molecule has 0 spiro atoms. The summed E-state index contributed by atoms with van der Waals surface area (Å²) in [4.78, 5) is 14.0. The minimum atomic E-state index is -1.44. The maximum Gasteiger partial charge on any atom is 0.342 e. The average molecular weight is 715 g/mol. The van der Waals surface area contributed by atoms with E-state index >= 15 is 0 Å². The number of hydrogen-bond acceptors (Lipinski definition) is 10. The summed E-state index contributed by atoms with van der Waals surface area (Å²) in [7, 11) is 1.50. The molecule has 53 heavy (non-hydrogen) atoms. The van der Waals surface area contributed by atoms with Gasteiger partial charge in [0, 0.05) is 40.7 Å². The largest absolute Gasteiger partial charge is 0.492 e. The molecule has 0 bridgehead atoms. The van der Waals surface area contributed by atoms with Crippen molar-refractivity contribution in [2.75, 3.05) is 13.9 Å². The highest BCUT2D eigenvalue weighted by Crippen LogP contribution is 2.63. The lowest BCUT2D eigenvalue weighted by Crippen LogP contribution is -2.30. The number of cyclic esters (lactones) is 1. The predicted molar refractivity (Wildman–Crippen MR) is 193 cm³/mol. The Morgan fingerprint density at radius 2 is 1.45 bits per heavy atom. The minimum absolute atomic E-state index is 0.0867. The van der Waals surface area contributed by atoms with Gasteiger partial charge in [0.15, 0.2) is 23.0 Å². The van der Waals surface area contributed by atoms with E-state index < -0.39 is 18.2 Å². The van der Waals surface area contributed by atoms with E-state index in [0.29, 0.717) is 75.8 Å². The number of carbonyl (C=O) groups is 1. The number of ether oxygens (including phenoxy) is 7. The van der Waals surface area contributed by atoms with Crippen LogP contribution in [0.3, 0.4) is 0 Å². The molecule has 0 unspecified atom stereocenters. The summed E-state index contributed by atoms with van der Waals surface area (Å²) in [5.41, 5.74) is 5.72. The zero-order chi connectivity index (χ0) is 36.2. The van der Waals surface area contributed by atoms with E-state index in [4.69, 9.17) is 33.2 Å². The van der Waals surface area contributed by atoms with E-state index in [9.17, 15) is 15.0 Å². The Morgan fingerprint density at radius 1 is 0.755 bits per heavy atom. The van der Waals surface area contributed by atoms with Crippen molar-refractivity contribution < 1.29 is 48.2 Å². The predicted octanol–water partition coefficient (Wildman–Crippen LogP) is 7.91. The number of methoxy groups -OCH3 is 1. The Labute approximate surface area is 306 Å². The molecule has 0 amide bonds. The third-order valence-corrected chi connectivity index (χ3v) is 10.4. The molecule has 10 nitrogen and oxygen atoms in total. The SMILES string of the molecule is CCC[C@@H]1Cc2cc3c(c(OCc4ccccc4)c2C(=O)O1)-c1c(OCc2ccccc2)c2c(c(OC)c1[C@H](O)[C@H]3O)Oc1ccc3c(c1C2)OCO3. The monoisotopic (exact) mass is 714 g/mol. The second-order valence-electron chi connectivity index (χ2n) is 13.7. The van der Waals surface area contributed by atoms with Gasteiger partial charge in [-0.3, -0.25) is 0 Å². The van der Waals surface area contributed by atoms with Gasteiger partial charge in [0.2, 0.25) is 6.79 Å². The summed E-state index contributed by atoms with van der Waals surface area (Å²) in [6.07, 6.45) is -0.878. The van der Waals surface area contributed by atoms with Crippen molar-refractivity contribution in [1.82, 2.24) is 0 Å². The van der Waals surface area contributed by atoms with Gasteiger partial charge in [-0.1, -0.05) is 80.1 Å². The number of hydrogen-bond donors (Lipinski definition) is 2. The molecule has 5 aromatic rings. The zero-order valence-electron chi connectivity index (χ0n) is 29.3. The molecule has 270 valence electrons. The lowest BCUT2D eigenvalue weighted by Gasteiger charge is -2.37. The van der Waals surface area contributed by atoms with Crippen molar-refractivity contribution in [3.05, 3.63) is 123 Å². The maximum atomic E-state index is 14.0. The molecule has 0 aromatic heterocycles. The molecule has 4 aliphatic rings. The average Bonchev–Trinajstić information content (AvgIpc) is 3.67. The molecule has 0 saturated heterocycles. The first-order valence-corrected chi connectivity index (χ1v) is 17.9. The Kier molecular flexibility index (Phi) is 8.36. The second kappa shape index (κ2) is 13.4. The highest BCUT2D eigenvalue weighted by Gasteiger charge is 2.45. The lowest BCUT2D eigenvalue weighted by atomic mass is 9.76. The number of benzene rings is 5. The van der Waals surface area contributed by atoms with Gasteiger partial charge in [-0.15, -0.1) is 0 Å². The molecule has 0 saturated carbocycles. The van der Waals surface area contributed by atoms with Gasteiger partial charge < -0.3 is 43.4 Å². The minimum Gasteiger partial charge on any atom is -0.492 e. The molecule has 3 heterocycles. The fourth-order valence-corrected chi connectivity index (χ4v) is 7.99. The Morgan fingerprint density at radius 3 is 2.15 bits per heavy atom. The van der Waals surface area contributed by atoms with Crippen LogP contribution in [-0.4, -0.2) is 36.2 Å². The molecule has 3 atom stereocenters. The van der Waals surface area contributed by atoms with Crippen LogP contribution in [0.4, 0.5) is 0 Å². The van der Waals surface area contributed by atoms with Gasteiger partial charge in [-0.05, 0) is 40.8 Å². The van der Waals surface area contributed by atoms with Crippen LogP contribution in [0.2, 0.25) is 0 Å². The number of fused-ring (bicyclic) bond motifs is 8. The standard InChI is InChI=1S/C43H38O10/c1-3-10-26-17-25-18-28-33(41(32(25)43(46)52-26)49-21-24-13-8-5-9-14-24)34-35(37(45)36(28)44)42(47-2)40-29(39(34)48-20-23-11-6-4-7-12-23)19-27-30(53-40)15-16-31-38(27)51-22-50-31/h4-9,11-16,18,26,36-37,44-45H,3,10,17,19-22H2,1-2H3/t26-,36+,37+/m1/s1. The van der Waals surface area contributed by atoms with Crippen molar-refractivity contribution in [2.24, 2.45) is 0 Å². The summed E-state index contributed by atoms with van der Waals surface area (Å²) in [5.74, 6) is 2.47. The van der Waals surface area contributed by atoms with Gasteiger partial charge in [0.25, 0.3) is 0 Å². The van der Waals surface area contributed by atoms with Crippen molar-refractivity contribution >= 4 is 5.97 Å². The molecule has 9 rings (SSSR count). The van der Waals surface area contributed by atoms with Crippen LogP contribution in [-0.2, 0) is 30.8 Å². The van der Waals surface area contributed by atoms with E-state index in [2.05, 4.69) is 0 Å². The summed E-state index contributed by atoms with van der Waals surface area (Å²) in [6, 6.07) is 24.8. The van der Waals surface area contributed by atoms with Gasteiger partial charge in [-0.25, -0.2) is 4.79 Å². The molecule has 10 heteroatoms. The molecule has 5 aromatic carbocycles. The first kappa shape index (κ1) is 33.1. The smallest absolute Gasteiger partial charge is 0.342 e. The number of esters is 1. The second-order valence-corrected chi connectivity index (χ2v) is 13.7. The molecule has 3 aliphatic heterocycles. The van der Waals surface area contributed by atoms with Crippen molar-refractivity contribution in [1.29, 1.82) is 0 Å². The van der Waals surface area contributed by atoms with Gasteiger partial charge in [0.1, 0.15) is 54.3 Å². The van der Waals surface area contributed by atoms with Crippen LogP contribution in [0.15, 0.2) is 78.9 Å². The van der Waals surface area contributed by atoms with Crippen LogP contribution in [0.1, 0.15) is 81.3 Å². The summed E-state index contributed by atoms with van der Waals surface area (Å²) in [5, 5.41) is 24.1. The van der Waals surface area contributed by atoms with Gasteiger partial charge in [-0.2, -0.15) is 0 Å². The molecular weight excluding hydrogens is 676 g/mol. The summed E-state index contributed by atoms with van der Waals surface area (Å²) >= 11 is 0. The van der Waals surface area contributed by atoms with E-state index in [0.717, 1.165) is 23.1 Å². The van der Waals surface area contributed by atoms with Crippen LogP contribution in [0, 0.1) is 0 Å². The Balaban J connectivity index is 1.32. The molecule has 1 aliphatic carbocycles. The Hall–Kier alpha value is -5.71. The molecule has 0 fully saturated rings. The van der Waals surface area contributed by atoms with Crippen LogP contribution in [0.25, 0.3) is 11.1 Å².